The van der Waals surface area contributed by atoms with Crippen molar-refractivity contribution < 1.29 is 42.8 Å². The molecule has 0 spiro atoms. The first kappa shape index (κ1) is 33.6. The molecule has 1 amide bonds. The van der Waals surface area contributed by atoms with Crippen LogP contribution in [0.15, 0.2) is 29.3 Å². The summed E-state index contributed by atoms with van der Waals surface area (Å²) in [4.78, 5) is 41.0. The molecular weight excluding hydrogens is 544 g/mol. The quantitative estimate of drug-likeness (QED) is 0.210. The molecule has 236 valence electrons. The average molecular weight is 593 g/mol. The number of hydrogen-bond donors (Lipinski definition) is 1. The number of carbonyl (C=O) groups excluding carboxylic acids is 3. The zero-order chi connectivity index (χ0) is 30.3. The van der Waals surface area contributed by atoms with Crippen molar-refractivity contribution in [3.05, 3.63) is 24.3 Å². The molecule has 11 nitrogen and oxygen atoms in total. The summed E-state index contributed by atoms with van der Waals surface area (Å²) in [6.07, 6.45) is 12.0. The SMILES string of the molecule is CCCC1CC(OC)CC(C)CC2CC(OC(=O)/C=C\CCC3COC(/C=C\CNC(=O)OC)=N3)CC(CC(=O)O1)O2. The number of ether oxygens (including phenoxy) is 6. The molecule has 3 aliphatic heterocycles. The summed E-state index contributed by atoms with van der Waals surface area (Å²) in [5, 5.41) is 2.55. The number of amides is 1. The number of fused-ring (bicyclic) bond motifs is 2. The fourth-order valence-electron chi connectivity index (χ4n) is 5.71. The van der Waals surface area contributed by atoms with Gasteiger partial charge in [0.25, 0.3) is 0 Å². The van der Waals surface area contributed by atoms with Gasteiger partial charge in [0.15, 0.2) is 0 Å². The van der Waals surface area contributed by atoms with Crippen LogP contribution in [0.2, 0.25) is 0 Å². The number of allylic oxidation sites excluding steroid dienone is 1. The predicted molar refractivity (Wildman–Crippen MR) is 156 cm³/mol. The van der Waals surface area contributed by atoms with Gasteiger partial charge >= 0.3 is 18.0 Å². The van der Waals surface area contributed by atoms with Crippen molar-refractivity contribution >= 4 is 23.9 Å². The first-order valence-electron chi connectivity index (χ1n) is 15.2. The highest BCUT2D eigenvalue weighted by atomic mass is 16.6. The molecule has 0 aromatic carbocycles. The Morgan fingerprint density at radius 2 is 1.86 bits per heavy atom. The maximum atomic E-state index is 12.8. The Bertz CT molecular complexity index is 966. The maximum Gasteiger partial charge on any atom is 0.407 e. The van der Waals surface area contributed by atoms with Crippen LogP contribution < -0.4 is 5.32 Å². The lowest BCUT2D eigenvalue weighted by Gasteiger charge is -2.37. The lowest BCUT2D eigenvalue weighted by atomic mass is 9.89. The molecule has 2 fully saturated rings. The number of esters is 2. The Morgan fingerprint density at radius 3 is 2.62 bits per heavy atom. The maximum absolute atomic E-state index is 12.8. The van der Waals surface area contributed by atoms with Crippen molar-refractivity contribution in [3.8, 4) is 0 Å². The Hall–Kier alpha value is -2.92. The van der Waals surface area contributed by atoms with Gasteiger partial charge in [-0.3, -0.25) is 4.79 Å². The molecule has 3 rings (SSSR count). The molecule has 0 aromatic heterocycles. The minimum atomic E-state index is -0.500. The third kappa shape index (κ3) is 12.1. The van der Waals surface area contributed by atoms with Crippen LogP contribution in [0, 0.1) is 5.92 Å². The van der Waals surface area contributed by atoms with Gasteiger partial charge in [0.2, 0.25) is 5.90 Å². The van der Waals surface area contributed by atoms with Gasteiger partial charge in [-0.25, -0.2) is 14.6 Å². The van der Waals surface area contributed by atoms with E-state index in [-0.39, 0.29) is 49.0 Å². The average Bonchev–Trinajstić information content (AvgIpc) is 3.39. The van der Waals surface area contributed by atoms with E-state index in [0.29, 0.717) is 50.7 Å². The summed E-state index contributed by atoms with van der Waals surface area (Å²) in [5.74, 6) is 0.192. The minimum Gasteiger partial charge on any atom is -0.476 e. The van der Waals surface area contributed by atoms with Gasteiger partial charge in [-0.1, -0.05) is 32.4 Å². The van der Waals surface area contributed by atoms with E-state index < -0.39 is 12.1 Å². The normalized spacial score (nSPS) is 30.5. The second-order valence-electron chi connectivity index (χ2n) is 11.4. The highest BCUT2D eigenvalue weighted by Crippen LogP contribution is 2.31. The van der Waals surface area contributed by atoms with Gasteiger partial charge in [-0.15, -0.1) is 0 Å². The number of cyclic esters (lactones) is 1. The molecule has 11 heteroatoms. The molecule has 3 aliphatic rings. The van der Waals surface area contributed by atoms with E-state index in [0.717, 1.165) is 32.1 Å². The Balaban J connectivity index is 1.47. The zero-order valence-electron chi connectivity index (χ0n) is 25.5. The van der Waals surface area contributed by atoms with Gasteiger partial charge in [0.1, 0.15) is 18.8 Å². The van der Waals surface area contributed by atoms with Crippen molar-refractivity contribution in [2.75, 3.05) is 27.4 Å². The number of aliphatic imine (C=N–C) groups is 1. The molecule has 7 atom stereocenters. The molecule has 2 saturated heterocycles. The van der Waals surface area contributed by atoms with Crippen LogP contribution in [0.25, 0.3) is 0 Å². The molecule has 2 bridgehead atoms. The van der Waals surface area contributed by atoms with E-state index in [1.807, 2.05) is 0 Å². The first-order valence-corrected chi connectivity index (χ1v) is 15.2. The highest BCUT2D eigenvalue weighted by Gasteiger charge is 2.35. The highest BCUT2D eigenvalue weighted by molar-refractivity contribution is 5.89. The number of rotatable bonds is 11. The summed E-state index contributed by atoms with van der Waals surface area (Å²) in [5.41, 5.74) is 0. The number of methoxy groups -OCH3 is 2. The fraction of sp³-hybridized carbons (Fsp3) is 0.742. The third-order valence-corrected chi connectivity index (χ3v) is 7.68. The topological polar surface area (TPSA) is 131 Å². The minimum absolute atomic E-state index is 0.000821. The van der Waals surface area contributed by atoms with Gasteiger partial charge in [-0.05, 0) is 44.1 Å². The van der Waals surface area contributed by atoms with Crippen LogP contribution >= 0.6 is 0 Å². The van der Waals surface area contributed by atoms with Crippen molar-refractivity contribution in [1.82, 2.24) is 5.32 Å². The molecule has 0 aliphatic carbocycles. The Morgan fingerprint density at radius 1 is 1.05 bits per heavy atom. The molecule has 3 heterocycles. The fourth-order valence-corrected chi connectivity index (χ4v) is 5.71. The summed E-state index contributed by atoms with van der Waals surface area (Å²) >= 11 is 0. The summed E-state index contributed by atoms with van der Waals surface area (Å²) < 4.78 is 33.7. The molecular formula is C31H48N2O9. The summed E-state index contributed by atoms with van der Waals surface area (Å²) in [6, 6.07) is -0.000821. The van der Waals surface area contributed by atoms with Crippen LogP contribution in [0.1, 0.15) is 78.1 Å². The molecule has 7 unspecified atom stereocenters. The predicted octanol–water partition coefficient (Wildman–Crippen LogP) is 4.43. The molecule has 1 N–H and O–H groups in total. The van der Waals surface area contributed by atoms with Crippen LogP contribution in [0.3, 0.4) is 0 Å². The van der Waals surface area contributed by atoms with Crippen LogP contribution in [0.5, 0.6) is 0 Å². The molecule has 0 radical (unpaired) electrons. The van der Waals surface area contributed by atoms with Gasteiger partial charge in [0.05, 0.1) is 37.9 Å². The molecule has 0 aromatic rings. The summed E-state index contributed by atoms with van der Waals surface area (Å²) in [7, 11) is 3.02. The summed E-state index contributed by atoms with van der Waals surface area (Å²) in [6.45, 7) is 5.06. The van der Waals surface area contributed by atoms with E-state index >= 15 is 0 Å². The first-order chi connectivity index (χ1) is 20.3. The van der Waals surface area contributed by atoms with Crippen molar-refractivity contribution in [3.63, 3.8) is 0 Å². The number of alkyl carbamates (subject to hydrolysis) is 1. The Kier molecular flexibility index (Phi) is 14.3. The van der Waals surface area contributed by atoms with Crippen molar-refractivity contribution in [2.45, 2.75) is 115 Å². The number of hydrogen-bond acceptors (Lipinski definition) is 10. The largest absolute Gasteiger partial charge is 0.476 e. The van der Waals surface area contributed by atoms with Crippen molar-refractivity contribution in [1.29, 1.82) is 0 Å². The van der Waals surface area contributed by atoms with Gasteiger partial charge in [0, 0.05) is 39.0 Å². The van der Waals surface area contributed by atoms with E-state index in [2.05, 4.69) is 28.9 Å². The standard InChI is InChI=1S/C31H48N2O9/c1-5-9-23-16-24(37-3)14-21(2)15-25-17-26(18-27(40-25)19-30(35)41-23)42-29(34)12-7-6-10-22-20-39-28(33-22)11-8-13-32-31(36)38-4/h7-8,11-12,21-27H,5-6,9-10,13-20H2,1-4H3,(H,32,36)/b11-8-,12-7-. The van der Waals surface area contributed by atoms with E-state index in [1.54, 1.807) is 25.3 Å². The van der Waals surface area contributed by atoms with Crippen LogP contribution in [-0.4, -0.2) is 87.9 Å². The van der Waals surface area contributed by atoms with Gasteiger partial charge in [-0.2, -0.15) is 0 Å². The Labute approximate surface area is 249 Å². The molecule has 0 saturated carbocycles. The number of nitrogens with one attached hydrogen (secondary N) is 1. The second-order valence-corrected chi connectivity index (χ2v) is 11.4. The smallest absolute Gasteiger partial charge is 0.407 e. The van der Waals surface area contributed by atoms with Crippen LogP contribution in [-0.2, 0) is 38.0 Å². The van der Waals surface area contributed by atoms with Crippen LogP contribution in [0.4, 0.5) is 4.79 Å². The second kappa shape index (κ2) is 17.9. The van der Waals surface area contributed by atoms with Gasteiger partial charge < -0.3 is 33.7 Å². The van der Waals surface area contributed by atoms with E-state index in [4.69, 9.17) is 23.7 Å². The number of carbonyl (C=O) groups is 3. The monoisotopic (exact) mass is 592 g/mol. The lowest BCUT2D eigenvalue weighted by molar-refractivity contribution is -0.168. The zero-order valence-corrected chi connectivity index (χ0v) is 25.5. The molecule has 42 heavy (non-hydrogen) atoms. The lowest BCUT2D eigenvalue weighted by Crippen LogP contribution is -2.41. The van der Waals surface area contributed by atoms with E-state index in [9.17, 15) is 14.4 Å². The van der Waals surface area contributed by atoms with E-state index in [1.165, 1.54) is 13.2 Å². The van der Waals surface area contributed by atoms with Crippen molar-refractivity contribution in [2.24, 2.45) is 10.9 Å². The third-order valence-electron chi connectivity index (χ3n) is 7.68. The number of nitrogens with zero attached hydrogens (tertiary/aromatic N) is 1.